The lowest BCUT2D eigenvalue weighted by Gasteiger charge is -2.18. The van der Waals surface area contributed by atoms with Crippen LogP contribution in [0.4, 0.5) is 5.69 Å². The zero-order chi connectivity index (χ0) is 15.4. The van der Waals surface area contributed by atoms with Crippen LogP contribution < -0.4 is 19.5 Å². The second-order valence-corrected chi connectivity index (χ2v) is 5.00. The predicted molar refractivity (Wildman–Crippen MR) is 80.4 cm³/mol. The van der Waals surface area contributed by atoms with E-state index in [0.29, 0.717) is 23.3 Å². The molecule has 1 N–H and O–H groups in total. The fourth-order valence-corrected chi connectivity index (χ4v) is 2.15. The lowest BCUT2D eigenvalue weighted by molar-refractivity contribution is -0.128. The van der Waals surface area contributed by atoms with E-state index in [9.17, 15) is 4.79 Å². The molecule has 1 aliphatic carbocycles. The van der Waals surface area contributed by atoms with E-state index in [2.05, 4.69) is 5.32 Å². The Labute approximate surface area is 125 Å². The molecule has 6 nitrogen and oxygen atoms in total. The summed E-state index contributed by atoms with van der Waals surface area (Å²) in [6.45, 7) is 0.242. The summed E-state index contributed by atoms with van der Waals surface area (Å²) < 4.78 is 15.8. The molecule has 0 bridgehead atoms. The first kappa shape index (κ1) is 15.3. The molecule has 116 valence electrons. The molecule has 0 aliphatic heterocycles. The Bertz CT molecular complexity index is 489. The third-order valence-electron chi connectivity index (χ3n) is 3.60. The van der Waals surface area contributed by atoms with Gasteiger partial charge < -0.3 is 24.4 Å². The quantitative estimate of drug-likeness (QED) is 0.830. The highest BCUT2D eigenvalue weighted by atomic mass is 16.5. The Hall–Kier alpha value is -2.11. The number of nitrogens with zero attached hydrogens (tertiary/aromatic N) is 1. The third kappa shape index (κ3) is 3.51. The normalized spacial score (nSPS) is 13.5. The van der Waals surface area contributed by atoms with Crippen LogP contribution in [0.15, 0.2) is 12.1 Å². The Morgan fingerprint density at radius 2 is 1.76 bits per heavy atom. The van der Waals surface area contributed by atoms with Crippen molar-refractivity contribution in [2.24, 2.45) is 0 Å². The average Bonchev–Trinajstić information content (AvgIpc) is 3.35. The Morgan fingerprint density at radius 3 is 2.19 bits per heavy atom. The lowest BCUT2D eigenvalue weighted by atomic mass is 10.2. The van der Waals surface area contributed by atoms with Gasteiger partial charge in [-0.15, -0.1) is 0 Å². The van der Waals surface area contributed by atoms with Crippen molar-refractivity contribution in [3.8, 4) is 17.2 Å². The van der Waals surface area contributed by atoms with Crippen LogP contribution >= 0.6 is 0 Å². The van der Waals surface area contributed by atoms with Gasteiger partial charge in [0.05, 0.1) is 27.9 Å². The minimum atomic E-state index is 0.0752. The zero-order valence-corrected chi connectivity index (χ0v) is 12.9. The highest BCUT2D eigenvalue weighted by Gasteiger charge is 2.29. The molecular formula is C15H22N2O4. The van der Waals surface area contributed by atoms with Crippen molar-refractivity contribution in [1.82, 2.24) is 4.90 Å². The number of methoxy groups -OCH3 is 3. The van der Waals surface area contributed by atoms with Crippen LogP contribution in [0.5, 0.6) is 17.2 Å². The van der Waals surface area contributed by atoms with Gasteiger partial charge in [0.15, 0.2) is 11.5 Å². The number of benzene rings is 1. The molecule has 0 heterocycles. The summed E-state index contributed by atoms with van der Waals surface area (Å²) in [6, 6.07) is 3.98. The summed E-state index contributed by atoms with van der Waals surface area (Å²) in [5.41, 5.74) is 0.752. The highest BCUT2D eigenvalue weighted by Crippen LogP contribution is 2.39. The van der Waals surface area contributed by atoms with Gasteiger partial charge in [-0.25, -0.2) is 0 Å². The number of hydrogen-bond donors (Lipinski definition) is 1. The van der Waals surface area contributed by atoms with Crippen LogP contribution in [0.2, 0.25) is 0 Å². The highest BCUT2D eigenvalue weighted by molar-refractivity contribution is 5.81. The topological polar surface area (TPSA) is 60.0 Å². The first-order valence-electron chi connectivity index (χ1n) is 6.90. The molecule has 0 saturated heterocycles. The van der Waals surface area contributed by atoms with Crippen molar-refractivity contribution in [1.29, 1.82) is 0 Å². The van der Waals surface area contributed by atoms with Crippen molar-refractivity contribution in [2.75, 3.05) is 40.2 Å². The summed E-state index contributed by atoms with van der Waals surface area (Å²) in [4.78, 5) is 13.8. The molecule has 1 aliphatic rings. The number of ether oxygens (including phenoxy) is 3. The number of likely N-dealkylation sites (N-methyl/N-ethyl adjacent to an activating group) is 1. The number of nitrogens with one attached hydrogen (secondary N) is 1. The van der Waals surface area contributed by atoms with E-state index in [1.165, 1.54) is 0 Å². The summed E-state index contributed by atoms with van der Waals surface area (Å²) in [7, 11) is 6.53. The molecule has 0 unspecified atom stereocenters. The zero-order valence-electron chi connectivity index (χ0n) is 12.9. The smallest absolute Gasteiger partial charge is 0.241 e. The second kappa shape index (κ2) is 6.56. The van der Waals surface area contributed by atoms with Gasteiger partial charge in [0.1, 0.15) is 0 Å². The Balaban J connectivity index is 2.07. The minimum Gasteiger partial charge on any atom is -0.493 e. The third-order valence-corrected chi connectivity index (χ3v) is 3.60. The fourth-order valence-electron chi connectivity index (χ4n) is 2.15. The number of hydrogen-bond acceptors (Lipinski definition) is 5. The maximum atomic E-state index is 12.0. The maximum Gasteiger partial charge on any atom is 0.241 e. The molecule has 0 aromatic heterocycles. The largest absolute Gasteiger partial charge is 0.493 e. The number of anilines is 1. The monoisotopic (exact) mass is 294 g/mol. The molecule has 0 spiro atoms. The van der Waals surface area contributed by atoms with E-state index < -0.39 is 0 Å². The summed E-state index contributed by atoms with van der Waals surface area (Å²) in [5, 5.41) is 3.10. The van der Waals surface area contributed by atoms with Crippen LogP contribution in [0.25, 0.3) is 0 Å². The minimum absolute atomic E-state index is 0.0752. The first-order chi connectivity index (χ1) is 10.1. The summed E-state index contributed by atoms with van der Waals surface area (Å²) in [5.74, 6) is 1.72. The summed E-state index contributed by atoms with van der Waals surface area (Å²) in [6.07, 6.45) is 2.21. The van der Waals surface area contributed by atoms with Crippen LogP contribution in [0.3, 0.4) is 0 Å². The molecule has 1 aromatic carbocycles. The van der Waals surface area contributed by atoms with Crippen LogP contribution in [-0.2, 0) is 4.79 Å². The van der Waals surface area contributed by atoms with Crippen molar-refractivity contribution in [3.05, 3.63) is 12.1 Å². The van der Waals surface area contributed by atoms with Gasteiger partial charge >= 0.3 is 0 Å². The van der Waals surface area contributed by atoms with Gasteiger partial charge in [0.2, 0.25) is 11.7 Å². The Morgan fingerprint density at radius 1 is 1.19 bits per heavy atom. The van der Waals surface area contributed by atoms with Gasteiger partial charge in [-0.3, -0.25) is 4.79 Å². The molecule has 6 heteroatoms. The predicted octanol–water partition coefficient (Wildman–Crippen LogP) is 1.75. The SMILES string of the molecule is COc1cc(NCC(=O)N(C)C2CC2)cc(OC)c1OC. The fraction of sp³-hybridized carbons (Fsp3) is 0.533. The molecule has 2 rings (SSSR count). The second-order valence-electron chi connectivity index (χ2n) is 5.00. The first-order valence-corrected chi connectivity index (χ1v) is 6.90. The molecule has 1 saturated carbocycles. The van der Waals surface area contributed by atoms with Gasteiger partial charge in [-0.2, -0.15) is 0 Å². The standard InChI is InChI=1S/C15H22N2O4/c1-17(11-5-6-11)14(18)9-16-10-7-12(19-2)15(21-4)13(8-10)20-3/h7-8,11,16H,5-6,9H2,1-4H3. The molecule has 1 aromatic rings. The van der Waals surface area contributed by atoms with Gasteiger partial charge in [-0.1, -0.05) is 0 Å². The van der Waals surface area contributed by atoms with Crippen molar-refractivity contribution in [2.45, 2.75) is 18.9 Å². The van der Waals surface area contributed by atoms with E-state index in [-0.39, 0.29) is 12.5 Å². The Kier molecular flexibility index (Phi) is 4.77. The van der Waals surface area contributed by atoms with Crippen LogP contribution in [-0.4, -0.2) is 51.8 Å². The van der Waals surface area contributed by atoms with Gasteiger partial charge in [0.25, 0.3) is 0 Å². The van der Waals surface area contributed by atoms with Crippen LogP contribution in [0, 0.1) is 0 Å². The number of carbonyl (C=O) groups excluding carboxylic acids is 1. The van der Waals surface area contributed by atoms with E-state index in [0.717, 1.165) is 18.5 Å². The average molecular weight is 294 g/mol. The molecule has 0 atom stereocenters. The molecular weight excluding hydrogens is 272 g/mol. The van der Waals surface area contributed by atoms with Crippen LogP contribution in [0.1, 0.15) is 12.8 Å². The summed E-state index contributed by atoms with van der Waals surface area (Å²) >= 11 is 0. The van der Waals surface area contributed by atoms with E-state index in [4.69, 9.17) is 14.2 Å². The van der Waals surface area contributed by atoms with Gasteiger partial charge in [-0.05, 0) is 12.8 Å². The molecule has 21 heavy (non-hydrogen) atoms. The van der Waals surface area contributed by atoms with E-state index in [1.807, 2.05) is 7.05 Å². The van der Waals surface area contributed by atoms with Crippen molar-refractivity contribution in [3.63, 3.8) is 0 Å². The molecule has 1 amide bonds. The molecule has 1 fully saturated rings. The van der Waals surface area contributed by atoms with Gasteiger partial charge in [0, 0.05) is 30.9 Å². The molecule has 0 radical (unpaired) electrons. The number of amides is 1. The number of carbonyl (C=O) groups is 1. The van der Waals surface area contributed by atoms with Crippen molar-refractivity contribution < 1.29 is 19.0 Å². The van der Waals surface area contributed by atoms with Crippen molar-refractivity contribution >= 4 is 11.6 Å². The lowest BCUT2D eigenvalue weighted by Crippen LogP contribution is -2.33. The van der Waals surface area contributed by atoms with E-state index in [1.54, 1.807) is 38.4 Å². The number of rotatable bonds is 7. The van der Waals surface area contributed by atoms with E-state index >= 15 is 0 Å². The maximum absolute atomic E-state index is 12.0.